The van der Waals surface area contributed by atoms with Gasteiger partial charge in [0.25, 0.3) is 0 Å². The molecule has 1 heterocycles. The van der Waals surface area contributed by atoms with Gasteiger partial charge in [0, 0.05) is 28.1 Å². The summed E-state index contributed by atoms with van der Waals surface area (Å²) in [5.74, 6) is 2.85. The van der Waals surface area contributed by atoms with Gasteiger partial charge in [0.1, 0.15) is 0 Å². The highest BCUT2D eigenvalue weighted by Gasteiger charge is 2.53. The first kappa shape index (κ1) is 37.2. The number of hydrogen-bond acceptors (Lipinski definition) is 3. The second kappa shape index (κ2) is 14.6. The van der Waals surface area contributed by atoms with Crippen LogP contribution in [-0.2, 0) is 5.41 Å². The molecule has 0 saturated heterocycles. The molecule has 0 bridgehead atoms. The van der Waals surface area contributed by atoms with Gasteiger partial charge in [-0.15, -0.1) is 0 Å². The van der Waals surface area contributed by atoms with Gasteiger partial charge in [-0.2, -0.15) is 0 Å². The van der Waals surface area contributed by atoms with Crippen molar-refractivity contribution in [2.75, 3.05) is 4.90 Å². The third kappa shape index (κ3) is 5.62. The number of ether oxygens (including phenoxy) is 2. The van der Waals surface area contributed by atoms with Crippen LogP contribution in [0.5, 0.6) is 23.0 Å². The number of hydrogen-bond donors (Lipinski definition) is 0. The molecule has 0 unspecified atom stereocenters. The topological polar surface area (TPSA) is 21.7 Å². The SMILES string of the molecule is Cc1ccc(-c2cccc(N(c3cccc(-c4cccc5c4Oc4c(ccc6c4-c4ccccc4C64c6ccccc6-c6ccccc64)O5)c3)c3ccccc3-c3ccccc3)c2)cc1. The smallest absolute Gasteiger partial charge is 0.178 e. The van der Waals surface area contributed by atoms with Crippen LogP contribution in [0.15, 0.2) is 231 Å². The number of benzene rings is 10. The van der Waals surface area contributed by atoms with E-state index in [9.17, 15) is 0 Å². The normalized spacial score (nSPS) is 13.1. The molecule has 0 saturated carbocycles. The molecule has 0 atom stereocenters. The van der Waals surface area contributed by atoms with Crippen LogP contribution in [0.2, 0.25) is 0 Å². The average molecular weight is 832 g/mol. The molecule has 0 amide bonds. The molecule has 306 valence electrons. The van der Waals surface area contributed by atoms with Crippen molar-refractivity contribution in [1.29, 1.82) is 0 Å². The van der Waals surface area contributed by atoms with Gasteiger partial charge < -0.3 is 14.4 Å². The summed E-state index contributed by atoms with van der Waals surface area (Å²) < 4.78 is 14.2. The number of aryl methyl sites for hydroxylation is 1. The van der Waals surface area contributed by atoms with Gasteiger partial charge in [0.15, 0.2) is 23.0 Å². The lowest BCUT2D eigenvalue weighted by Gasteiger charge is -2.31. The summed E-state index contributed by atoms with van der Waals surface area (Å²) in [6.45, 7) is 2.13. The van der Waals surface area contributed by atoms with Crippen LogP contribution in [-0.4, -0.2) is 0 Å². The van der Waals surface area contributed by atoms with Crippen molar-refractivity contribution in [3.63, 3.8) is 0 Å². The zero-order chi connectivity index (χ0) is 43.1. The zero-order valence-electron chi connectivity index (χ0n) is 35.7. The molecule has 1 aliphatic heterocycles. The Hall–Kier alpha value is -8.40. The molecule has 10 aromatic carbocycles. The lowest BCUT2D eigenvalue weighted by Crippen LogP contribution is -2.25. The highest BCUT2D eigenvalue weighted by molar-refractivity contribution is 5.98. The van der Waals surface area contributed by atoms with E-state index in [0.717, 1.165) is 61.8 Å². The highest BCUT2D eigenvalue weighted by Crippen LogP contribution is 2.66. The molecule has 0 aromatic heterocycles. The number of anilines is 3. The Balaban J connectivity index is 0.964. The Morgan fingerprint density at radius 2 is 0.877 bits per heavy atom. The van der Waals surface area contributed by atoms with Gasteiger partial charge in [-0.3, -0.25) is 0 Å². The summed E-state index contributed by atoms with van der Waals surface area (Å²) in [7, 11) is 0. The van der Waals surface area contributed by atoms with Crippen LogP contribution in [0.1, 0.15) is 27.8 Å². The molecule has 0 radical (unpaired) electrons. The molecule has 2 aliphatic carbocycles. The van der Waals surface area contributed by atoms with E-state index in [0.29, 0.717) is 17.2 Å². The van der Waals surface area contributed by atoms with Gasteiger partial charge in [-0.1, -0.05) is 194 Å². The minimum Gasteiger partial charge on any atom is -0.449 e. The Kier molecular flexibility index (Phi) is 8.34. The molecular weight excluding hydrogens is 791 g/mol. The molecule has 65 heavy (non-hydrogen) atoms. The fourth-order valence-electron chi connectivity index (χ4n) is 10.8. The third-order valence-electron chi connectivity index (χ3n) is 13.6. The summed E-state index contributed by atoms with van der Waals surface area (Å²) in [5.41, 5.74) is 20.4. The predicted octanol–water partition coefficient (Wildman–Crippen LogP) is 16.7. The summed E-state index contributed by atoms with van der Waals surface area (Å²) in [6.07, 6.45) is 0. The van der Waals surface area contributed by atoms with Crippen LogP contribution < -0.4 is 14.4 Å². The fraction of sp³-hybridized carbons (Fsp3) is 0.0323. The highest BCUT2D eigenvalue weighted by atomic mass is 16.6. The molecule has 3 heteroatoms. The standard InChI is InChI=1S/C62H41NO2/c1-40-32-34-41(35-33-40)43-18-13-20-45(38-43)63(56-30-12-8-22-47(56)42-16-3-2-4-17-42)46-21-14-19-44(39-46)48-26-15-31-57-60(48)65-61-58(64-57)37-36-55-59(61)51-25-7-11-29-54(51)62(55)52-27-9-5-23-49(52)50-24-6-10-28-53(50)62/h2-39H,1H3. The van der Waals surface area contributed by atoms with E-state index >= 15 is 0 Å². The second-order valence-electron chi connectivity index (χ2n) is 17.2. The van der Waals surface area contributed by atoms with E-state index in [1.807, 2.05) is 6.07 Å². The van der Waals surface area contributed by atoms with E-state index in [1.165, 1.54) is 44.5 Å². The predicted molar refractivity (Wildman–Crippen MR) is 265 cm³/mol. The molecule has 10 aromatic rings. The minimum absolute atomic E-state index is 0.484. The van der Waals surface area contributed by atoms with E-state index in [1.54, 1.807) is 0 Å². The number of para-hydroxylation sites is 2. The molecule has 3 nitrogen and oxygen atoms in total. The van der Waals surface area contributed by atoms with Crippen molar-refractivity contribution in [3.05, 3.63) is 258 Å². The van der Waals surface area contributed by atoms with Crippen LogP contribution in [0, 0.1) is 6.92 Å². The maximum absolute atomic E-state index is 7.32. The summed E-state index contributed by atoms with van der Waals surface area (Å²) in [4.78, 5) is 2.38. The van der Waals surface area contributed by atoms with Gasteiger partial charge in [0.05, 0.1) is 11.1 Å². The number of nitrogens with zero attached hydrogens (tertiary/aromatic N) is 1. The lowest BCUT2D eigenvalue weighted by molar-refractivity contribution is 0.361. The summed E-state index contributed by atoms with van der Waals surface area (Å²) in [6, 6.07) is 83.0. The van der Waals surface area contributed by atoms with Crippen LogP contribution in [0.4, 0.5) is 17.1 Å². The molecule has 13 rings (SSSR count). The van der Waals surface area contributed by atoms with E-state index in [2.05, 4.69) is 236 Å². The maximum atomic E-state index is 7.32. The summed E-state index contributed by atoms with van der Waals surface area (Å²) in [5, 5.41) is 0. The molecular formula is C62H41NO2. The van der Waals surface area contributed by atoms with Gasteiger partial charge in [-0.05, 0) is 111 Å². The van der Waals surface area contributed by atoms with Crippen LogP contribution in [0.25, 0.3) is 55.6 Å². The van der Waals surface area contributed by atoms with Crippen molar-refractivity contribution in [2.45, 2.75) is 12.3 Å². The van der Waals surface area contributed by atoms with Crippen molar-refractivity contribution in [3.8, 4) is 78.6 Å². The zero-order valence-corrected chi connectivity index (χ0v) is 35.7. The van der Waals surface area contributed by atoms with Crippen LogP contribution in [0.3, 0.4) is 0 Å². The van der Waals surface area contributed by atoms with E-state index in [-0.39, 0.29) is 0 Å². The maximum Gasteiger partial charge on any atom is 0.178 e. The number of fused-ring (bicyclic) bond motifs is 13. The quantitative estimate of drug-likeness (QED) is 0.167. The van der Waals surface area contributed by atoms with Crippen molar-refractivity contribution in [2.24, 2.45) is 0 Å². The molecule has 1 spiro atoms. The van der Waals surface area contributed by atoms with Gasteiger partial charge >= 0.3 is 0 Å². The Morgan fingerprint density at radius 1 is 0.338 bits per heavy atom. The van der Waals surface area contributed by atoms with Crippen molar-refractivity contribution < 1.29 is 9.47 Å². The largest absolute Gasteiger partial charge is 0.449 e. The van der Waals surface area contributed by atoms with Gasteiger partial charge in [0.2, 0.25) is 0 Å². The van der Waals surface area contributed by atoms with E-state index < -0.39 is 5.41 Å². The average Bonchev–Trinajstić information content (AvgIpc) is 3.84. The van der Waals surface area contributed by atoms with Crippen molar-refractivity contribution >= 4 is 17.1 Å². The van der Waals surface area contributed by atoms with Crippen molar-refractivity contribution in [1.82, 2.24) is 0 Å². The first-order chi connectivity index (χ1) is 32.1. The Bertz CT molecular complexity index is 3470. The summed E-state index contributed by atoms with van der Waals surface area (Å²) >= 11 is 0. The third-order valence-corrected chi connectivity index (χ3v) is 13.6. The first-order valence-corrected chi connectivity index (χ1v) is 22.3. The lowest BCUT2D eigenvalue weighted by atomic mass is 9.70. The second-order valence-corrected chi connectivity index (χ2v) is 17.2. The van der Waals surface area contributed by atoms with Crippen LogP contribution >= 0.6 is 0 Å². The Morgan fingerprint density at radius 3 is 1.60 bits per heavy atom. The minimum atomic E-state index is -0.484. The van der Waals surface area contributed by atoms with Gasteiger partial charge in [-0.25, -0.2) is 0 Å². The molecule has 3 aliphatic rings. The Labute approximate surface area is 379 Å². The fourth-order valence-corrected chi connectivity index (χ4v) is 10.8. The molecule has 0 N–H and O–H groups in total. The monoisotopic (exact) mass is 831 g/mol. The first-order valence-electron chi connectivity index (χ1n) is 22.3. The van der Waals surface area contributed by atoms with E-state index in [4.69, 9.17) is 9.47 Å². The number of rotatable bonds is 6. The molecule has 0 fully saturated rings.